The normalized spacial score (nSPS) is 10.8. The first kappa shape index (κ1) is 16.3. The summed E-state index contributed by atoms with van der Waals surface area (Å²) in [7, 11) is 2.60. The van der Waals surface area contributed by atoms with E-state index in [1.165, 1.54) is 32.4 Å². The van der Waals surface area contributed by atoms with Crippen LogP contribution in [0.4, 0.5) is 0 Å². The van der Waals surface area contributed by atoms with Gasteiger partial charge in [0, 0.05) is 12.1 Å². The lowest BCUT2D eigenvalue weighted by Gasteiger charge is -2.11. The minimum Gasteiger partial charge on any atom is -0.504 e. The quantitative estimate of drug-likeness (QED) is 0.532. The third-order valence-electron chi connectivity index (χ3n) is 3.75. The van der Waals surface area contributed by atoms with E-state index in [1.54, 1.807) is 0 Å². The van der Waals surface area contributed by atoms with Crippen molar-refractivity contribution in [1.29, 1.82) is 0 Å². The fourth-order valence-corrected chi connectivity index (χ4v) is 2.48. The summed E-state index contributed by atoms with van der Waals surface area (Å²) in [6.07, 6.45) is 0. The zero-order valence-electron chi connectivity index (χ0n) is 13.2. The van der Waals surface area contributed by atoms with E-state index >= 15 is 0 Å². The molecule has 0 aliphatic carbocycles. The van der Waals surface area contributed by atoms with Crippen LogP contribution < -0.4 is 14.9 Å². The molecule has 0 radical (unpaired) electrons. The molecule has 4 N–H and O–H groups in total. The fourth-order valence-electron chi connectivity index (χ4n) is 2.48. The zero-order chi connectivity index (χ0) is 18.3. The van der Waals surface area contributed by atoms with Gasteiger partial charge in [-0.15, -0.1) is 0 Å². The molecule has 0 unspecified atom stereocenters. The second kappa shape index (κ2) is 5.82. The molecule has 0 amide bonds. The molecular weight excluding hydrogens is 332 g/mol. The number of phenolic OH excluding ortho intramolecular Hbond substituents is 4. The second-order valence-electron chi connectivity index (χ2n) is 5.14. The molecule has 0 spiro atoms. The Hall–Kier alpha value is -3.55. The van der Waals surface area contributed by atoms with Crippen molar-refractivity contribution in [3.8, 4) is 45.8 Å². The van der Waals surface area contributed by atoms with Crippen LogP contribution in [0.1, 0.15) is 0 Å². The summed E-state index contributed by atoms with van der Waals surface area (Å²) in [5, 5.41) is 39.6. The summed E-state index contributed by atoms with van der Waals surface area (Å²) >= 11 is 0. The van der Waals surface area contributed by atoms with Crippen molar-refractivity contribution in [3.63, 3.8) is 0 Å². The summed E-state index contributed by atoms with van der Waals surface area (Å²) < 4.78 is 15.4. The van der Waals surface area contributed by atoms with E-state index in [0.717, 1.165) is 6.07 Å². The van der Waals surface area contributed by atoms with E-state index in [4.69, 9.17) is 13.9 Å². The molecule has 0 fully saturated rings. The molecule has 2 aromatic carbocycles. The Morgan fingerprint density at radius 1 is 0.840 bits per heavy atom. The van der Waals surface area contributed by atoms with Gasteiger partial charge in [-0.25, -0.2) is 0 Å². The fraction of sp³-hybridized carbons (Fsp3) is 0.118. The van der Waals surface area contributed by atoms with E-state index in [9.17, 15) is 25.2 Å². The Balaban J connectivity index is 2.31. The Bertz CT molecular complexity index is 1040. The van der Waals surface area contributed by atoms with Crippen LogP contribution in [0.2, 0.25) is 0 Å². The minimum atomic E-state index is -0.670. The Kier molecular flexibility index (Phi) is 3.80. The largest absolute Gasteiger partial charge is 0.504 e. The van der Waals surface area contributed by atoms with Crippen molar-refractivity contribution in [1.82, 2.24) is 0 Å². The summed E-state index contributed by atoms with van der Waals surface area (Å²) in [5.41, 5.74) is -0.672. The third-order valence-corrected chi connectivity index (χ3v) is 3.75. The summed E-state index contributed by atoms with van der Waals surface area (Å²) in [6, 6.07) is 5.05. The van der Waals surface area contributed by atoms with E-state index in [0.29, 0.717) is 0 Å². The van der Waals surface area contributed by atoms with E-state index in [-0.39, 0.29) is 33.8 Å². The molecule has 3 rings (SSSR count). The maximum atomic E-state index is 12.3. The Morgan fingerprint density at radius 2 is 1.48 bits per heavy atom. The van der Waals surface area contributed by atoms with Crippen LogP contribution in [0.25, 0.3) is 22.3 Å². The molecule has 25 heavy (non-hydrogen) atoms. The number of hydrogen-bond acceptors (Lipinski definition) is 8. The average molecular weight is 346 g/mol. The van der Waals surface area contributed by atoms with Crippen molar-refractivity contribution >= 4 is 11.0 Å². The summed E-state index contributed by atoms with van der Waals surface area (Å²) in [5.74, 6) is -2.39. The van der Waals surface area contributed by atoms with Gasteiger partial charge in [0.2, 0.25) is 11.5 Å². The highest BCUT2D eigenvalue weighted by molar-refractivity contribution is 5.89. The molecule has 1 heterocycles. The molecule has 0 aliphatic heterocycles. The predicted molar refractivity (Wildman–Crippen MR) is 87.7 cm³/mol. The number of ether oxygens (including phenoxy) is 2. The Morgan fingerprint density at radius 3 is 2.12 bits per heavy atom. The molecule has 0 bridgehead atoms. The third kappa shape index (κ3) is 2.44. The van der Waals surface area contributed by atoms with Crippen molar-refractivity contribution in [2.45, 2.75) is 0 Å². The first-order valence-corrected chi connectivity index (χ1v) is 7.05. The van der Waals surface area contributed by atoms with Gasteiger partial charge in [0.1, 0.15) is 16.7 Å². The number of phenols is 4. The van der Waals surface area contributed by atoms with Gasteiger partial charge >= 0.3 is 0 Å². The van der Waals surface area contributed by atoms with Crippen molar-refractivity contribution in [3.05, 3.63) is 34.5 Å². The molecule has 0 saturated heterocycles. The number of rotatable bonds is 3. The first-order valence-electron chi connectivity index (χ1n) is 7.05. The van der Waals surface area contributed by atoms with Gasteiger partial charge < -0.3 is 34.3 Å². The van der Waals surface area contributed by atoms with Crippen molar-refractivity contribution in [2.24, 2.45) is 0 Å². The van der Waals surface area contributed by atoms with Gasteiger partial charge in [0.25, 0.3) is 0 Å². The highest BCUT2D eigenvalue weighted by atomic mass is 16.5. The number of hydrogen-bond donors (Lipinski definition) is 4. The lowest BCUT2D eigenvalue weighted by Crippen LogP contribution is -2.01. The molecule has 0 atom stereocenters. The predicted octanol–water partition coefficient (Wildman–Crippen LogP) is 2.30. The number of aromatic hydroxyl groups is 4. The maximum Gasteiger partial charge on any atom is 0.201 e. The van der Waals surface area contributed by atoms with Crippen LogP contribution in [-0.4, -0.2) is 34.6 Å². The highest BCUT2D eigenvalue weighted by Gasteiger charge is 2.20. The number of benzene rings is 2. The van der Waals surface area contributed by atoms with Gasteiger partial charge in [-0.05, 0) is 12.1 Å². The Labute approximate surface area is 140 Å². The van der Waals surface area contributed by atoms with Crippen LogP contribution in [0.3, 0.4) is 0 Å². The minimum absolute atomic E-state index is 0.0452. The molecule has 8 heteroatoms. The smallest absolute Gasteiger partial charge is 0.201 e. The molecule has 0 saturated carbocycles. The lowest BCUT2D eigenvalue weighted by atomic mass is 10.1. The van der Waals surface area contributed by atoms with Gasteiger partial charge in [0.15, 0.2) is 28.4 Å². The van der Waals surface area contributed by atoms with Crippen LogP contribution in [0.15, 0.2) is 33.5 Å². The average Bonchev–Trinajstić information content (AvgIpc) is 2.59. The molecule has 3 aromatic rings. The SMILES string of the molecule is COc1ccc(-c2cc(=O)c3c(O)c(O)c(OC)cc3o2)c(O)c1O. The summed E-state index contributed by atoms with van der Waals surface area (Å²) in [4.78, 5) is 12.3. The first-order chi connectivity index (χ1) is 11.9. The van der Waals surface area contributed by atoms with E-state index < -0.39 is 28.4 Å². The maximum absolute atomic E-state index is 12.3. The van der Waals surface area contributed by atoms with Crippen LogP contribution in [-0.2, 0) is 0 Å². The lowest BCUT2D eigenvalue weighted by molar-refractivity contribution is 0.351. The number of methoxy groups -OCH3 is 2. The van der Waals surface area contributed by atoms with E-state index in [1.807, 2.05) is 0 Å². The van der Waals surface area contributed by atoms with Crippen molar-refractivity contribution < 1.29 is 34.3 Å². The molecule has 8 nitrogen and oxygen atoms in total. The van der Waals surface area contributed by atoms with E-state index in [2.05, 4.69) is 0 Å². The molecular formula is C17H14O8. The standard InChI is InChI=1S/C17H14O8/c1-23-9-4-3-7(14(19)15(9)20)10-5-8(18)13-11(25-10)6-12(24-2)16(21)17(13)22/h3-6,19-22H,1-2H3. The van der Waals surface area contributed by atoms with Crippen LogP contribution in [0, 0.1) is 0 Å². The second-order valence-corrected chi connectivity index (χ2v) is 5.14. The van der Waals surface area contributed by atoms with Gasteiger partial charge in [-0.3, -0.25) is 4.79 Å². The van der Waals surface area contributed by atoms with Gasteiger partial charge in [-0.1, -0.05) is 0 Å². The van der Waals surface area contributed by atoms with Crippen LogP contribution in [0.5, 0.6) is 34.5 Å². The monoisotopic (exact) mass is 346 g/mol. The highest BCUT2D eigenvalue weighted by Crippen LogP contribution is 2.44. The molecule has 130 valence electrons. The van der Waals surface area contributed by atoms with Gasteiger partial charge in [-0.2, -0.15) is 0 Å². The molecule has 0 aliphatic rings. The van der Waals surface area contributed by atoms with Crippen molar-refractivity contribution in [2.75, 3.05) is 14.2 Å². The van der Waals surface area contributed by atoms with Crippen LogP contribution >= 0.6 is 0 Å². The number of fused-ring (bicyclic) bond motifs is 1. The topological polar surface area (TPSA) is 130 Å². The zero-order valence-corrected chi connectivity index (χ0v) is 13.2. The molecule has 1 aromatic heterocycles. The van der Waals surface area contributed by atoms with Gasteiger partial charge in [0.05, 0.1) is 19.8 Å². The summed E-state index contributed by atoms with van der Waals surface area (Å²) in [6.45, 7) is 0.